The van der Waals surface area contributed by atoms with Crippen LogP contribution >= 0.6 is 11.3 Å². The minimum Gasteiger partial charge on any atom is -0.356 e. The van der Waals surface area contributed by atoms with E-state index in [1.54, 1.807) is 0 Å². The van der Waals surface area contributed by atoms with Crippen LogP contribution < -0.4 is 10.6 Å². The number of thiazole rings is 1. The maximum Gasteiger partial charge on any atom is 0.233 e. The number of nitrogens with zero attached hydrogens (tertiary/aromatic N) is 1. The van der Waals surface area contributed by atoms with Crippen LogP contribution in [0.1, 0.15) is 59.4 Å². The van der Waals surface area contributed by atoms with Crippen LogP contribution in [0.2, 0.25) is 0 Å². The molecule has 41 heavy (non-hydrogen) atoms. The molecular weight excluding hydrogens is 522 g/mol. The first-order valence-corrected chi connectivity index (χ1v) is 15.0. The molecule has 2 bridgehead atoms. The lowest BCUT2D eigenvalue weighted by Crippen LogP contribution is -2.48. The average molecular weight is 554 g/mol. The standard InChI is InChI=1S/C36H31N3OS/c1-3-36(21-31-26-16-8-11-19-29(26)33(36)30-20-12-9-17-27(30)31)34(40)39-35-38-32(22-41-35)28-18-10-7-15-25(28)23(2)37-24-13-5-4-6-14-24/h4-20,22,31,33,37H,2-3,21H2,1H3,(H,38,39,40). The molecular formula is C36H31N3OS. The van der Waals surface area contributed by atoms with Crippen molar-refractivity contribution in [3.8, 4) is 11.3 Å². The Morgan fingerprint density at radius 3 is 2.15 bits per heavy atom. The van der Waals surface area contributed by atoms with Crippen LogP contribution in [-0.4, -0.2) is 10.9 Å². The van der Waals surface area contributed by atoms with Crippen molar-refractivity contribution in [2.45, 2.75) is 31.6 Å². The Hall–Kier alpha value is -4.48. The topological polar surface area (TPSA) is 54.0 Å². The van der Waals surface area contributed by atoms with E-state index >= 15 is 0 Å². The number of carbonyl (C=O) groups is 1. The maximum absolute atomic E-state index is 14.3. The molecule has 4 nitrogen and oxygen atoms in total. The van der Waals surface area contributed by atoms with Gasteiger partial charge in [-0.05, 0) is 47.2 Å². The number of nitrogens with one attached hydrogen (secondary N) is 2. The fraction of sp³-hybridized carbons (Fsp3) is 0.167. The third-order valence-electron chi connectivity index (χ3n) is 8.89. The fourth-order valence-electron chi connectivity index (χ4n) is 6.96. The molecule has 3 aliphatic rings. The minimum absolute atomic E-state index is 0.0254. The Balaban J connectivity index is 1.19. The summed E-state index contributed by atoms with van der Waals surface area (Å²) < 4.78 is 0. The van der Waals surface area contributed by atoms with Crippen LogP contribution in [0.3, 0.4) is 0 Å². The van der Waals surface area contributed by atoms with Crippen molar-refractivity contribution in [3.05, 3.63) is 143 Å². The monoisotopic (exact) mass is 553 g/mol. The van der Waals surface area contributed by atoms with Gasteiger partial charge in [-0.25, -0.2) is 4.98 Å². The number of carbonyl (C=O) groups excluding carboxylic acids is 1. The fourth-order valence-corrected chi connectivity index (χ4v) is 7.66. The maximum atomic E-state index is 14.3. The van der Waals surface area contributed by atoms with Crippen LogP contribution in [0.4, 0.5) is 10.8 Å². The van der Waals surface area contributed by atoms with Crippen molar-refractivity contribution < 1.29 is 4.79 Å². The van der Waals surface area contributed by atoms with Crippen molar-refractivity contribution in [3.63, 3.8) is 0 Å². The summed E-state index contributed by atoms with van der Waals surface area (Å²) in [6, 6.07) is 35.5. The molecule has 1 unspecified atom stereocenters. The number of hydrogen-bond donors (Lipinski definition) is 2. The Morgan fingerprint density at radius 1 is 0.854 bits per heavy atom. The van der Waals surface area contributed by atoms with E-state index in [0.29, 0.717) is 5.13 Å². The van der Waals surface area contributed by atoms with E-state index in [-0.39, 0.29) is 17.7 Å². The third-order valence-corrected chi connectivity index (χ3v) is 9.65. The van der Waals surface area contributed by atoms with Crippen LogP contribution in [0.5, 0.6) is 0 Å². The van der Waals surface area contributed by atoms with E-state index in [9.17, 15) is 4.79 Å². The zero-order valence-corrected chi connectivity index (χ0v) is 23.7. The smallest absolute Gasteiger partial charge is 0.233 e. The lowest BCUT2D eigenvalue weighted by Gasteiger charge is -2.52. The largest absolute Gasteiger partial charge is 0.356 e. The van der Waals surface area contributed by atoms with E-state index in [4.69, 9.17) is 4.98 Å². The molecule has 1 amide bonds. The van der Waals surface area contributed by atoms with Crippen LogP contribution in [0.15, 0.2) is 115 Å². The van der Waals surface area contributed by atoms with Gasteiger partial charge in [0, 0.05) is 39.7 Å². The number of benzene rings is 4. The molecule has 5 aromatic rings. The number of anilines is 2. The summed E-state index contributed by atoms with van der Waals surface area (Å²) in [6.45, 7) is 6.45. The molecule has 0 saturated carbocycles. The Kier molecular flexibility index (Phi) is 6.32. The number of rotatable bonds is 7. The predicted octanol–water partition coefficient (Wildman–Crippen LogP) is 8.91. The van der Waals surface area contributed by atoms with Gasteiger partial charge in [-0.15, -0.1) is 11.3 Å². The second kappa shape index (κ2) is 10.2. The molecule has 1 atom stereocenters. The SMILES string of the molecule is C=C(Nc1ccccc1)c1ccccc1-c1csc(NC(=O)C2(CC)CC3c4ccccc4C2c2ccccc23)n1. The molecule has 0 fully saturated rings. The highest BCUT2D eigenvalue weighted by atomic mass is 32.1. The van der Waals surface area contributed by atoms with Crippen LogP contribution in [0.25, 0.3) is 17.0 Å². The summed E-state index contributed by atoms with van der Waals surface area (Å²) in [7, 11) is 0. The minimum atomic E-state index is -0.537. The molecule has 0 saturated heterocycles. The number of hydrogen-bond acceptors (Lipinski definition) is 4. The zero-order chi connectivity index (χ0) is 28.0. The summed E-state index contributed by atoms with van der Waals surface area (Å²) in [4.78, 5) is 19.2. The Morgan fingerprint density at radius 2 is 1.46 bits per heavy atom. The van der Waals surface area contributed by atoms with Gasteiger partial charge in [0.1, 0.15) is 0 Å². The van der Waals surface area contributed by atoms with Gasteiger partial charge >= 0.3 is 0 Å². The lowest BCUT2D eigenvalue weighted by atomic mass is 9.51. The highest BCUT2D eigenvalue weighted by molar-refractivity contribution is 7.14. The van der Waals surface area contributed by atoms with Gasteiger partial charge in [0.25, 0.3) is 0 Å². The van der Waals surface area contributed by atoms with Crippen molar-refractivity contribution in [1.29, 1.82) is 0 Å². The van der Waals surface area contributed by atoms with Crippen LogP contribution in [-0.2, 0) is 4.79 Å². The van der Waals surface area contributed by atoms with E-state index in [2.05, 4.69) is 78.7 Å². The summed E-state index contributed by atoms with van der Waals surface area (Å²) in [5.41, 5.74) is 9.32. The molecule has 0 aliphatic heterocycles. The highest BCUT2D eigenvalue weighted by Gasteiger charge is 2.55. The molecule has 202 valence electrons. The van der Waals surface area contributed by atoms with Gasteiger partial charge in [-0.2, -0.15) is 0 Å². The first-order chi connectivity index (χ1) is 20.1. The molecule has 8 rings (SSSR count). The van der Waals surface area contributed by atoms with Gasteiger partial charge in [0.2, 0.25) is 5.91 Å². The van der Waals surface area contributed by atoms with Crippen molar-refractivity contribution >= 4 is 33.8 Å². The molecule has 5 heteroatoms. The summed E-state index contributed by atoms with van der Waals surface area (Å²) in [5.74, 6) is 0.306. The average Bonchev–Trinajstić information content (AvgIpc) is 3.49. The predicted molar refractivity (Wildman–Crippen MR) is 169 cm³/mol. The van der Waals surface area contributed by atoms with E-state index in [0.717, 1.165) is 41.0 Å². The summed E-state index contributed by atoms with van der Waals surface area (Å²) in [6.07, 6.45) is 1.56. The van der Waals surface area contributed by atoms with E-state index in [1.807, 2.05) is 53.9 Å². The number of fused-ring (bicyclic) bond motifs is 1. The third kappa shape index (κ3) is 4.20. The van der Waals surface area contributed by atoms with E-state index in [1.165, 1.54) is 33.6 Å². The van der Waals surface area contributed by atoms with Crippen molar-refractivity contribution in [2.75, 3.05) is 10.6 Å². The Labute approximate surface area is 244 Å². The summed E-state index contributed by atoms with van der Waals surface area (Å²) in [5, 5.41) is 9.30. The molecule has 4 aromatic carbocycles. The number of aromatic nitrogens is 1. The van der Waals surface area contributed by atoms with Gasteiger partial charge in [-0.1, -0.05) is 104 Å². The second-order valence-electron chi connectivity index (χ2n) is 11.0. The van der Waals surface area contributed by atoms with Gasteiger partial charge < -0.3 is 10.6 Å². The van der Waals surface area contributed by atoms with Crippen molar-refractivity contribution in [2.24, 2.45) is 5.41 Å². The van der Waals surface area contributed by atoms with E-state index < -0.39 is 5.41 Å². The lowest BCUT2D eigenvalue weighted by molar-refractivity contribution is -0.128. The number of para-hydroxylation sites is 1. The second-order valence-corrected chi connectivity index (χ2v) is 11.8. The normalized spacial score (nSPS) is 20.1. The molecule has 1 heterocycles. The van der Waals surface area contributed by atoms with Gasteiger partial charge in [0.05, 0.1) is 11.1 Å². The molecule has 0 radical (unpaired) electrons. The first kappa shape index (κ1) is 25.5. The molecule has 0 spiro atoms. The quantitative estimate of drug-likeness (QED) is 0.212. The van der Waals surface area contributed by atoms with Crippen LogP contribution in [0, 0.1) is 5.41 Å². The molecule has 2 N–H and O–H groups in total. The molecule has 1 aromatic heterocycles. The molecule has 3 aliphatic carbocycles. The summed E-state index contributed by atoms with van der Waals surface area (Å²) >= 11 is 1.47. The Bertz CT molecular complexity index is 1730. The zero-order valence-electron chi connectivity index (χ0n) is 22.9. The number of amides is 1. The first-order valence-electron chi connectivity index (χ1n) is 14.1. The highest BCUT2D eigenvalue weighted by Crippen LogP contribution is 2.62. The van der Waals surface area contributed by atoms with Gasteiger partial charge in [-0.3, -0.25) is 4.79 Å². The van der Waals surface area contributed by atoms with Gasteiger partial charge in [0.15, 0.2) is 5.13 Å². The van der Waals surface area contributed by atoms with Crippen molar-refractivity contribution in [1.82, 2.24) is 4.98 Å².